The van der Waals surface area contributed by atoms with Crippen molar-refractivity contribution < 1.29 is 0 Å². The molecule has 1 aliphatic rings. The third-order valence-corrected chi connectivity index (χ3v) is 12.8. The van der Waals surface area contributed by atoms with Gasteiger partial charge in [0.05, 0.1) is 22.1 Å². The Bertz CT molecular complexity index is 3130. The summed E-state index contributed by atoms with van der Waals surface area (Å²) in [7, 11) is 0. The Labute approximate surface area is 315 Å². The molecule has 0 aliphatic heterocycles. The van der Waals surface area contributed by atoms with Crippen LogP contribution in [0.2, 0.25) is 0 Å². The lowest BCUT2D eigenvalue weighted by Gasteiger charge is -2.42. The quantitative estimate of drug-likeness (QED) is 0.174. The molecule has 0 amide bonds. The van der Waals surface area contributed by atoms with Crippen molar-refractivity contribution in [1.29, 1.82) is 0 Å². The first-order valence-electron chi connectivity index (χ1n) is 19.4. The molecular formula is C52H42N2. The van der Waals surface area contributed by atoms with Crippen LogP contribution in [0.25, 0.3) is 87.7 Å². The molecule has 1 aliphatic carbocycles. The number of benzene rings is 8. The second-order valence-electron chi connectivity index (χ2n) is 16.8. The maximum atomic E-state index is 2.56. The number of rotatable bonds is 3. The minimum absolute atomic E-state index is 0.0995. The van der Waals surface area contributed by atoms with Gasteiger partial charge in [-0.05, 0) is 122 Å². The van der Waals surface area contributed by atoms with Crippen molar-refractivity contribution in [2.24, 2.45) is 0 Å². The molecule has 260 valence electrons. The number of fused-ring (bicyclic) bond motifs is 10. The lowest BCUT2D eigenvalue weighted by atomic mass is 9.63. The van der Waals surface area contributed by atoms with Crippen molar-refractivity contribution >= 4 is 65.2 Å². The Morgan fingerprint density at radius 1 is 0.389 bits per heavy atom. The number of hydrogen-bond acceptors (Lipinski definition) is 0. The Hall–Kier alpha value is -6.12. The summed E-state index contributed by atoms with van der Waals surface area (Å²) >= 11 is 0. The monoisotopic (exact) mass is 694 g/mol. The Morgan fingerprint density at radius 3 is 1.70 bits per heavy atom. The summed E-state index contributed by atoms with van der Waals surface area (Å²) < 4.78 is 5.01. The van der Waals surface area contributed by atoms with Gasteiger partial charge in [-0.2, -0.15) is 0 Å². The van der Waals surface area contributed by atoms with Gasteiger partial charge in [0.2, 0.25) is 0 Å². The van der Waals surface area contributed by atoms with Crippen LogP contribution in [0, 0.1) is 0 Å². The number of nitrogens with zero attached hydrogens (tertiary/aromatic N) is 2. The fraction of sp³-hybridized carbons (Fsp3) is 0.154. The summed E-state index contributed by atoms with van der Waals surface area (Å²) in [6.45, 7) is 9.76. The summed E-state index contributed by atoms with van der Waals surface area (Å²) in [6, 6.07) is 59.0. The van der Waals surface area contributed by atoms with Crippen LogP contribution in [0.3, 0.4) is 0 Å². The van der Waals surface area contributed by atoms with Crippen molar-refractivity contribution in [3.8, 4) is 22.5 Å². The highest BCUT2D eigenvalue weighted by atomic mass is 15.0. The van der Waals surface area contributed by atoms with E-state index in [1.165, 1.54) is 112 Å². The Balaban J connectivity index is 1.26. The van der Waals surface area contributed by atoms with Crippen LogP contribution in [0.4, 0.5) is 0 Å². The lowest BCUT2D eigenvalue weighted by molar-refractivity contribution is 0.332. The van der Waals surface area contributed by atoms with Gasteiger partial charge in [-0.15, -0.1) is 0 Å². The van der Waals surface area contributed by atoms with E-state index < -0.39 is 0 Å². The van der Waals surface area contributed by atoms with Crippen LogP contribution in [-0.2, 0) is 10.8 Å². The standard InChI is InChI=1S/C52H42N2/c1-51(2)27-28-52(3,4)45-31-47-42(30-44(45)51)41-29-43-49(53(36-16-6-5-7-17-36)46-26-23-34-14-9-11-19-40(34)50(43)46)32-48(41)54(47)37-24-21-35(22-25-37)39-20-12-15-33-13-8-10-18-38(33)39/h5-26,29-32H,27-28H2,1-4H3. The fourth-order valence-electron chi connectivity index (χ4n) is 9.76. The third kappa shape index (κ3) is 4.46. The van der Waals surface area contributed by atoms with Crippen LogP contribution in [0.5, 0.6) is 0 Å². The smallest absolute Gasteiger partial charge is 0.0562 e. The highest BCUT2D eigenvalue weighted by Gasteiger charge is 2.38. The van der Waals surface area contributed by atoms with Crippen LogP contribution < -0.4 is 0 Å². The molecule has 0 spiro atoms. The van der Waals surface area contributed by atoms with Crippen molar-refractivity contribution in [3.63, 3.8) is 0 Å². The number of para-hydroxylation sites is 1. The van der Waals surface area contributed by atoms with E-state index in [4.69, 9.17) is 0 Å². The van der Waals surface area contributed by atoms with E-state index in [1.54, 1.807) is 0 Å². The largest absolute Gasteiger partial charge is 0.309 e. The van der Waals surface area contributed by atoms with Gasteiger partial charge >= 0.3 is 0 Å². The first-order valence-corrected chi connectivity index (χ1v) is 19.4. The van der Waals surface area contributed by atoms with Crippen LogP contribution >= 0.6 is 0 Å². The van der Waals surface area contributed by atoms with Gasteiger partial charge in [0.25, 0.3) is 0 Å². The van der Waals surface area contributed by atoms with Gasteiger partial charge in [0.1, 0.15) is 0 Å². The van der Waals surface area contributed by atoms with Crippen LogP contribution in [0.15, 0.2) is 158 Å². The Morgan fingerprint density at radius 2 is 0.944 bits per heavy atom. The molecule has 0 unspecified atom stereocenters. The average molecular weight is 695 g/mol. The van der Waals surface area contributed by atoms with Crippen molar-refractivity contribution in [1.82, 2.24) is 9.13 Å². The van der Waals surface area contributed by atoms with E-state index in [-0.39, 0.29) is 10.8 Å². The minimum atomic E-state index is 0.0995. The molecule has 2 nitrogen and oxygen atoms in total. The first kappa shape index (κ1) is 31.4. The topological polar surface area (TPSA) is 9.86 Å². The second kappa shape index (κ2) is 11.2. The SMILES string of the molecule is CC1(C)CCC(C)(C)c2cc3c(cc21)c1cc2c4c5ccccc5ccc4n(-c4ccccc4)c2cc1n3-c1ccc(-c2cccc3ccccc23)cc1. The van der Waals surface area contributed by atoms with Gasteiger partial charge in [0, 0.05) is 32.9 Å². The van der Waals surface area contributed by atoms with Gasteiger partial charge in [-0.1, -0.05) is 131 Å². The maximum Gasteiger partial charge on any atom is 0.0562 e. The molecule has 2 aromatic heterocycles. The van der Waals surface area contributed by atoms with Crippen LogP contribution in [-0.4, -0.2) is 9.13 Å². The minimum Gasteiger partial charge on any atom is -0.309 e. The van der Waals surface area contributed by atoms with E-state index >= 15 is 0 Å². The summed E-state index contributed by atoms with van der Waals surface area (Å²) in [5.41, 5.74) is 13.0. The van der Waals surface area contributed by atoms with Gasteiger partial charge in [0.15, 0.2) is 0 Å². The lowest BCUT2D eigenvalue weighted by Crippen LogP contribution is -2.33. The summed E-state index contributed by atoms with van der Waals surface area (Å²) in [5.74, 6) is 0. The zero-order chi connectivity index (χ0) is 36.3. The first-order chi connectivity index (χ1) is 26.3. The molecule has 10 aromatic rings. The van der Waals surface area contributed by atoms with E-state index in [1.807, 2.05) is 0 Å². The second-order valence-corrected chi connectivity index (χ2v) is 16.8. The summed E-state index contributed by atoms with van der Waals surface area (Å²) in [6.07, 6.45) is 2.37. The van der Waals surface area contributed by atoms with Crippen molar-refractivity contribution in [2.75, 3.05) is 0 Å². The van der Waals surface area contributed by atoms with E-state index in [2.05, 4.69) is 195 Å². The highest BCUT2D eigenvalue weighted by Crippen LogP contribution is 2.49. The summed E-state index contributed by atoms with van der Waals surface area (Å²) in [5, 5.41) is 10.3. The van der Waals surface area contributed by atoms with Crippen molar-refractivity contribution in [3.05, 3.63) is 169 Å². The molecule has 54 heavy (non-hydrogen) atoms. The van der Waals surface area contributed by atoms with Gasteiger partial charge < -0.3 is 9.13 Å². The molecule has 2 heterocycles. The zero-order valence-electron chi connectivity index (χ0n) is 31.3. The molecular weight excluding hydrogens is 653 g/mol. The fourth-order valence-corrected chi connectivity index (χ4v) is 9.76. The predicted octanol–water partition coefficient (Wildman–Crippen LogP) is 14.2. The molecule has 0 atom stereocenters. The predicted molar refractivity (Wildman–Crippen MR) is 231 cm³/mol. The normalized spacial score (nSPS) is 15.2. The van der Waals surface area contributed by atoms with E-state index in [0.717, 1.165) is 0 Å². The Kier molecular flexibility index (Phi) is 6.51. The molecule has 2 heteroatoms. The van der Waals surface area contributed by atoms with Gasteiger partial charge in [-0.25, -0.2) is 0 Å². The van der Waals surface area contributed by atoms with Crippen molar-refractivity contribution in [2.45, 2.75) is 51.4 Å². The highest BCUT2D eigenvalue weighted by molar-refractivity contribution is 6.25. The molecule has 0 radical (unpaired) electrons. The molecule has 0 fully saturated rings. The molecule has 0 N–H and O–H groups in total. The maximum absolute atomic E-state index is 2.56. The third-order valence-electron chi connectivity index (χ3n) is 12.8. The molecule has 0 saturated heterocycles. The van der Waals surface area contributed by atoms with E-state index in [0.29, 0.717) is 0 Å². The molecule has 0 saturated carbocycles. The molecule has 0 bridgehead atoms. The molecule has 11 rings (SSSR count). The van der Waals surface area contributed by atoms with E-state index in [9.17, 15) is 0 Å². The van der Waals surface area contributed by atoms with Crippen LogP contribution in [0.1, 0.15) is 51.7 Å². The molecule has 8 aromatic carbocycles. The zero-order valence-corrected chi connectivity index (χ0v) is 31.3. The van der Waals surface area contributed by atoms with Gasteiger partial charge in [-0.3, -0.25) is 0 Å². The number of aromatic nitrogens is 2. The average Bonchev–Trinajstić information content (AvgIpc) is 3.70. The summed E-state index contributed by atoms with van der Waals surface area (Å²) in [4.78, 5) is 0. The number of hydrogen-bond donors (Lipinski definition) is 0.